The number of rotatable bonds is 3. The summed E-state index contributed by atoms with van der Waals surface area (Å²) in [7, 11) is -3.30. The monoisotopic (exact) mass is 289 g/mol. The van der Waals surface area contributed by atoms with E-state index >= 15 is 0 Å². The minimum Gasteiger partial charge on any atom is -0.330 e. The van der Waals surface area contributed by atoms with Crippen molar-refractivity contribution in [2.24, 2.45) is 17.6 Å². The van der Waals surface area contributed by atoms with Crippen molar-refractivity contribution in [1.82, 2.24) is 8.61 Å². The summed E-state index contributed by atoms with van der Waals surface area (Å²) in [5.74, 6) is 0.780. The summed E-state index contributed by atoms with van der Waals surface area (Å²) in [5.41, 5.74) is 5.72. The molecule has 3 unspecified atom stereocenters. The predicted octanol–water partition coefficient (Wildman–Crippen LogP) is 1.02. The van der Waals surface area contributed by atoms with Crippen LogP contribution in [0.1, 0.15) is 39.5 Å². The third-order valence-corrected chi connectivity index (χ3v) is 6.58. The zero-order valence-corrected chi connectivity index (χ0v) is 12.9. The molecule has 2 heterocycles. The van der Waals surface area contributed by atoms with Gasteiger partial charge in [-0.2, -0.15) is 17.0 Å². The molecule has 6 heteroatoms. The first-order chi connectivity index (χ1) is 8.95. The molecule has 0 radical (unpaired) electrons. The molecule has 0 aromatic carbocycles. The van der Waals surface area contributed by atoms with Crippen molar-refractivity contribution in [3.8, 4) is 0 Å². The van der Waals surface area contributed by atoms with Crippen LogP contribution in [0.4, 0.5) is 0 Å². The van der Waals surface area contributed by atoms with Gasteiger partial charge in [-0.25, -0.2) is 0 Å². The summed E-state index contributed by atoms with van der Waals surface area (Å²) in [4.78, 5) is 0. The first-order valence-corrected chi connectivity index (χ1v) is 8.81. The Morgan fingerprint density at radius 1 is 1.16 bits per heavy atom. The maximum Gasteiger partial charge on any atom is 0.282 e. The fourth-order valence-electron chi connectivity index (χ4n) is 3.16. The molecule has 0 saturated carbocycles. The fraction of sp³-hybridized carbons (Fsp3) is 1.00. The molecule has 112 valence electrons. The lowest BCUT2D eigenvalue weighted by Gasteiger charge is -2.41. The Morgan fingerprint density at radius 2 is 1.89 bits per heavy atom. The van der Waals surface area contributed by atoms with Crippen molar-refractivity contribution < 1.29 is 8.42 Å². The Hall–Kier alpha value is -0.170. The van der Waals surface area contributed by atoms with Crippen molar-refractivity contribution in [3.63, 3.8) is 0 Å². The Balaban J connectivity index is 2.12. The van der Waals surface area contributed by atoms with E-state index in [1.807, 2.05) is 6.92 Å². The van der Waals surface area contributed by atoms with E-state index in [2.05, 4.69) is 6.92 Å². The second kappa shape index (κ2) is 6.08. The smallest absolute Gasteiger partial charge is 0.282 e. The lowest BCUT2D eigenvalue weighted by molar-refractivity contribution is 0.185. The summed E-state index contributed by atoms with van der Waals surface area (Å²) < 4.78 is 28.9. The summed E-state index contributed by atoms with van der Waals surface area (Å²) in [6.45, 7) is 6.64. The molecular weight excluding hydrogens is 262 g/mol. The van der Waals surface area contributed by atoms with Crippen LogP contribution in [0.25, 0.3) is 0 Å². The van der Waals surface area contributed by atoms with Gasteiger partial charge in [0.25, 0.3) is 10.2 Å². The molecule has 19 heavy (non-hydrogen) atoms. The molecule has 2 rings (SSSR count). The van der Waals surface area contributed by atoms with E-state index < -0.39 is 10.2 Å². The van der Waals surface area contributed by atoms with E-state index in [9.17, 15) is 8.42 Å². The molecule has 5 nitrogen and oxygen atoms in total. The van der Waals surface area contributed by atoms with Crippen LogP contribution in [0, 0.1) is 11.8 Å². The topological polar surface area (TPSA) is 66.6 Å². The van der Waals surface area contributed by atoms with Crippen LogP contribution in [0.5, 0.6) is 0 Å². The Morgan fingerprint density at radius 3 is 2.53 bits per heavy atom. The lowest BCUT2D eigenvalue weighted by atomic mass is 9.96. The number of piperidine rings is 2. The van der Waals surface area contributed by atoms with E-state index in [-0.39, 0.29) is 6.04 Å². The van der Waals surface area contributed by atoms with E-state index in [0.29, 0.717) is 38.0 Å². The van der Waals surface area contributed by atoms with Gasteiger partial charge < -0.3 is 5.73 Å². The van der Waals surface area contributed by atoms with Gasteiger partial charge in [-0.1, -0.05) is 6.92 Å². The molecule has 0 aliphatic carbocycles. The maximum absolute atomic E-state index is 12.8. The van der Waals surface area contributed by atoms with Crippen molar-refractivity contribution in [1.29, 1.82) is 0 Å². The summed E-state index contributed by atoms with van der Waals surface area (Å²) in [6.07, 6.45) is 4.07. The third kappa shape index (κ3) is 3.29. The number of nitrogens with zero attached hydrogens (tertiary/aromatic N) is 2. The number of hydrogen-bond donors (Lipinski definition) is 1. The van der Waals surface area contributed by atoms with Crippen LogP contribution in [0.3, 0.4) is 0 Å². The standard InChI is InChI=1S/C13H27N3O2S/c1-11-4-3-7-15(9-11)19(17,18)16-10-13(8-14)6-5-12(16)2/h11-13H,3-10,14H2,1-2H3. The quantitative estimate of drug-likeness (QED) is 0.843. The highest BCUT2D eigenvalue weighted by Gasteiger charge is 2.38. The highest BCUT2D eigenvalue weighted by Crippen LogP contribution is 2.28. The van der Waals surface area contributed by atoms with Crippen molar-refractivity contribution in [2.75, 3.05) is 26.2 Å². The zero-order valence-electron chi connectivity index (χ0n) is 12.1. The molecule has 0 aromatic rings. The van der Waals surface area contributed by atoms with Crippen LogP contribution in [0.15, 0.2) is 0 Å². The minimum atomic E-state index is -3.30. The average molecular weight is 289 g/mol. The summed E-state index contributed by atoms with van der Waals surface area (Å²) >= 11 is 0. The lowest BCUT2D eigenvalue weighted by Crippen LogP contribution is -2.54. The number of nitrogens with two attached hydrogens (primary N) is 1. The van der Waals surface area contributed by atoms with Crippen LogP contribution < -0.4 is 5.73 Å². The molecule has 2 saturated heterocycles. The fourth-order valence-corrected chi connectivity index (χ4v) is 5.22. The Kier molecular flexibility index (Phi) is 4.87. The normalized spacial score (nSPS) is 35.4. The first-order valence-electron chi connectivity index (χ1n) is 7.42. The molecule has 0 amide bonds. The van der Waals surface area contributed by atoms with Crippen LogP contribution in [-0.2, 0) is 10.2 Å². The zero-order chi connectivity index (χ0) is 14.0. The van der Waals surface area contributed by atoms with E-state index in [1.54, 1.807) is 8.61 Å². The van der Waals surface area contributed by atoms with Crippen LogP contribution in [-0.4, -0.2) is 49.2 Å². The van der Waals surface area contributed by atoms with Gasteiger partial charge in [-0.3, -0.25) is 0 Å². The summed E-state index contributed by atoms with van der Waals surface area (Å²) in [5, 5.41) is 0. The van der Waals surface area contributed by atoms with Crippen LogP contribution >= 0.6 is 0 Å². The highest BCUT2D eigenvalue weighted by atomic mass is 32.2. The Bertz CT molecular complexity index is 399. The molecule has 2 aliphatic rings. The van der Waals surface area contributed by atoms with Crippen molar-refractivity contribution >= 4 is 10.2 Å². The van der Waals surface area contributed by atoms with Gasteiger partial charge in [0, 0.05) is 25.7 Å². The second-order valence-corrected chi connectivity index (χ2v) is 8.09. The van der Waals surface area contributed by atoms with Gasteiger partial charge in [0.1, 0.15) is 0 Å². The van der Waals surface area contributed by atoms with Gasteiger partial charge in [0.15, 0.2) is 0 Å². The predicted molar refractivity (Wildman–Crippen MR) is 76.8 cm³/mol. The summed E-state index contributed by atoms with van der Waals surface area (Å²) in [6, 6.07) is 0.102. The van der Waals surface area contributed by atoms with Crippen molar-refractivity contribution in [3.05, 3.63) is 0 Å². The van der Waals surface area contributed by atoms with Gasteiger partial charge in [-0.15, -0.1) is 0 Å². The van der Waals surface area contributed by atoms with Gasteiger partial charge in [0.05, 0.1) is 0 Å². The van der Waals surface area contributed by atoms with Gasteiger partial charge in [0.2, 0.25) is 0 Å². The molecular formula is C13H27N3O2S. The molecule has 0 spiro atoms. The van der Waals surface area contributed by atoms with Gasteiger partial charge >= 0.3 is 0 Å². The highest BCUT2D eigenvalue weighted by molar-refractivity contribution is 7.86. The molecule has 3 atom stereocenters. The van der Waals surface area contributed by atoms with E-state index in [1.165, 1.54) is 0 Å². The van der Waals surface area contributed by atoms with Gasteiger partial charge in [-0.05, 0) is 51.0 Å². The van der Waals surface area contributed by atoms with E-state index in [4.69, 9.17) is 5.73 Å². The first kappa shape index (κ1) is 15.2. The second-order valence-electron chi connectivity index (χ2n) is 6.21. The average Bonchev–Trinajstić information content (AvgIpc) is 2.39. The van der Waals surface area contributed by atoms with Crippen molar-refractivity contribution in [2.45, 2.75) is 45.6 Å². The maximum atomic E-state index is 12.8. The molecule has 2 fully saturated rings. The molecule has 0 bridgehead atoms. The number of hydrogen-bond acceptors (Lipinski definition) is 3. The van der Waals surface area contributed by atoms with Crippen LogP contribution in [0.2, 0.25) is 0 Å². The van der Waals surface area contributed by atoms with E-state index in [0.717, 1.165) is 25.7 Å². The Labute approximate surface area is 117 Å². The third-order valence-electron chi connectivity index (χ3n) is 4.50. The molecule has 2 aliphatic heterocycles. The molecule has 0 aromatic heterocycles. The minimum absolute atomic E-state index is 0.102. The molecule has 2 N–H and O–H groups in total. The largest absolute Gasteiger partial charge is 0.330 e. The SMILES string of the molecule is CC1CCCN(S(=O)(=O)N2CC(CN)CCC2C)C1.